The Hall–Kier alpha value is -10.8. The summed E-state index contributed by atoms with van der Waals surface area (Å²) in [7, 11) is 0. The van der Waals surface area contributed by atoms with E-state index in [1.165, 1.54) is 12.1 Å². The Morgan fingerprint density at radius 1 is 0.293 bits per heavy atom. The lowest BCUT2D eigenvalue weighted by Gasteiger charge is -2.26. The van der Waals surface area contributed by atoms with Crippen molar-refractivity contribution in [1.82, 2.24) is 18.3 Å². The highest BCUT2D eigenvalue weighted by Gasteiger charge is 2.37. The third-order valence-electron chi connectivity index (χ3n) is 16.1. The molecular weight excluding hydrogens is 1040 g/mol. The number of hydrogen-bond acceptors (Lipinski definition) is 2. The first-order valence-electron chi connectivity index (χ1n) is 26.4. The molecule has 0 radical (unpaired) electrons. The molecule has 0 bridgehead atoms. The molecule has 390 valence electrons. The maximum absolute atomic E-state index is 14.9. The highest BCUT2D eigenvalue weighted by atomic mass is 19.4. The fraction of sp³-hybridized carbons (Fsp3) is 0.0286. The molecule has 0 atom stereocenters. The maximum Gasteiger partial charge on any atom is 0.416 e. The molecule has 4 heterocycles. The maximum atomic E-state index is 14.9. The first-order valence-corrected chi connectivity index (χ1v) is 26.4. The van der Waals surface area contributed by atoms with E-state index in [-0.39, 0.29) is 44.4 Å². The van der Waals surface area contributed by atoms with Gasteiger partial charge in [-0.3, -0.25) is 0 Å². The average molecular weight is 1080 g/mol. The fourth-order valence-corrected chi connectivity index (χ4v) is 12.8. The van der Waals surface area contributed by atoms with Gasteiger partial charge in [0, 0.05) is 76.7 Å². The summed E-state index contributed by atoms with van der Waals surface area (Å²) in [6.45, 7) is 0. The van der Waals surface area contributed by atoms with Gasteiger partial charge in [0.25, 0.3) is 0 Å². The lowest BCUT2D eigenvalue weighted by Crippen LogP contribution is -2.12. The lowest BCUT2D eigenvalue weighted by molar-refractivity contribution is -0.138. The van der Waals surface area contributed by atoms with Crippen molar-refractivity contribution in [3.8, 4) is 57.1 Å². The summed E-state index contributed by atoms with van der Waals surface area (Å²) < 4.78 is 97.2. The first-order chi connectivity index (χ1) is 39.9. The van der Waals surface area contributed by atoms with Gasteiger partial charge in [-0.25, -0.2) is 0 Å². The Morgan fingerprint density at radius 3 is 0.951 bits per heavy atom. The van der Waals surface area contributed by atoms with E-state index in [1.54, 1.807) is 48.5 Å². The topological polar surface area (TPSA) is 67.3 Å². The average Bonchev–Trinajstić information content (AvgIpc) is 3.04. The van der Waals surface area contributed by atoms with Crippen LogP contribution >= 0.6 is 0 Å². The van der Waals surface area contributed by atoms with Crippen LogP contribution in [0.3, 0.4) is 0 Å². The molecular formula is C70H38F6N6. The monoisotopic (exact) mass is 1080 g/mol. The SMILES string of the molecule is N#Cc1c(-c2cccc3c4ccccc4n(-c4ccccc4)c23)c(-n2c3ccccc3c3cc(C(F)(F)F)ccc32)c(C#N)c(-c2cccc3c4ccccc4n(-c4ccccc4)c23)c1-n1c2ccccc2c2cc(C(F)(F)F)ccc21. The Morgan fingerprint density at radius 2 is 0.598 bits per heavy atom. The second-order valence-electron chi connectivity index (χ2n) is 20.4. The molecule has 0 unspecified atom stereocenters. The molecule has 12 heteroatoms. The zero-order valence-corrected chi connectivity index (χ0v) is 42.9. The van der Waals surface area contributed by atoms with E-state index in [2.05, 4.69) is 21.3 Å². The summed E-state index contributed by atoms with van der Waals surface area (Å²) in [4.78, 5) is 0. The number of nitrogens with zero attached hydrogens (tertiary/aromatic N) is 6. The fourth-order valence-electron chi connectivity index (χ4n) is 12.8. The van der Waals surface area contributed by atoms with Crippen LogP contribution in [0.2, 0.25) is 0 Å². The molecule has 0 N–H and O–H groups in total. The van der Waals surface area contributed by atoms with Gasteiger partial charge < -0.3 is 18.3 Å². The van der Waals surface area contributed by atoms with Crippen LogP contribution in [0, 0.1) is 22.7 Å². The van der Waals surface area contributed by atoms with Crippen LogP contribution in [0.4, 0.5) is 26.3 Å². The number of hydrogen-bond donors (Lipinski definition) is 0. The van der Waals surface area contributed by atoms with Crippen molar-refractivity contribution in [3.05, 3.63) is 253 Å². The first kappa shape index (κ1) is 48.3. The van der Waals surface area contributed by atoms with E-state index in [9.17, 15) is 36.9 Å². The van der Waals surface area contributed by atoms with E-state index >= 15 is 0 Å². The Kier molecular flexibility index (Phi) is 10.5. The summed E-state index contributed by atoms with van der Waals surface area (Å²) in [5, 5.41) is 30.2. The molecule has 82 heavy (non-hydrogen) atoms. The number of halogens is 6. The van der Waals surface area contributed by atoms with Crippen molar-refractivity contribution >= 4 is 87.2 Å². The van der Waals surface area contributed by atoms with Crippen molar-refractivity contribution in [3.63, 3.8) is 0 Å². The molecule has 11 aromatic carbocycles. The molecule has 0 aliphatic rings. The van der Waals surface area contributed by atoms with Gasteiger partial charge in [0.05, 0.1) is 77.8 Å². The number of rotatable bonds is 6. The Bertz CT molecular complexity index is 4950. The quantitative estimate of drug-likeness (QED) is 0.156. The molecule has 4 aromatic heterocycles. The van der Waals surface area contributed by atoms with E-state index in [4.69, 9.17) is 0 Å². The number of benzene rings is 11. The van der Waals surface area contributed by atoms with Crippen LogP contribution in [-0.4, -0.2) is 18.3 Å². The summed E-state index contributed by atoms with van der Waals surface area (Å²) in [5.41, 5.74) is 6.48. The van der Waals surface area contributed by atoms with Gasteiger partial charge in [0.2, 0.25) is 0 Å². The second-order valence-corrected chi connectivity index (χ2v) is 20.4. The van der Waals surface area contributed by atoms with Gasteiger partial charge >= 0.3 is 12.4 Å². The molecule has 0 aliphatic heterocycles. The largest absolute Gasteiger partial charge is 0.416 e. The van der Waals surface area contributed by atoms with E-state index < -0.39 is 23.5 Å². The molecule has 0 saturated heterocycles. The Balaban J connectivity index is 1.25. The van der Waals surface area contributed by atoms with E-state index in [0.29, 0.717) is 55.0 Å². The summed E-state index contributed by atoms with van der Waals surface area (Å²) >= 11 is 0. The van der Waals surface area contributed by atoms with Crippen molar-refractivity contribution in [2.45, 2.75) is 12.4 Å². The molecule has 0 saturated carbocycles. The van der Waals surface area contributed by atoms with Gasteiger partial charge in [-0.2, -0.15) is 36.9 Å². The van der Waals surface area contributed by atoms with Gasteiger partial charge in [0.1, 0.15) is 12.1 Å². The highest BCUT2D eigenvalue weighted by Crippen LogP contribution is 2.53. The Labute approximate surface area is 462 Å². The van der Waals surface area contributed by atoms with Gasteiger partial charge in [0.15, 0.2) is 0 Å². The second kappa shape index (κ2) is 17.8. The highest BCUT2D eigenvalue weighted by molar-refractivity contribution is 6.20. The van der Waals surface area contributed by atoms with Crippen LogP contribution in [0.15, 0.2) is 231 Å². The van der Waals surface area contributed by atoms with Crippen LogP contribution in [0.25, 0.3) is 132 Å². The molecule has 0 fully saturated rings. The van der Waals surface area contributed by atoms with Gasteiger partial charge in [-0.15, -0.1) is 0 Å². The minimum Gasteiger partial charge on any atom is -0.309 e. The zero-order chi connectivity index (χ0) is 55.8. The standard InChI is InChI=1S/C70H38F6N6/c71-69(72,73)41-33-35-61-53(37-41)47-23-9-13-31-59(47)81(61)67-56(40-78)64(52-28-16-26-50-46-22-8-12-30-58(46)80(66(50)52)44-19-5-2-6-20-44)68(82-60-32-14-10-24-48(60)54-38-42(70(74,75)76)34-36-62(54)82)55(39-77)63(67)51-27-15-25-49-45-21-7-11-29-57(45)79(65(49)51)43-17-3-1-4-18-43/h1-38H. The third kappa shape index (κ3) is 6.95. The minimum atomic E-state index is -4.71. The van der Waals surface area contributed by atoms with E-state index in [0.717, 1.165) is 68.2 Å². The number of para-hydroxylation sites is 8. The molecule has 0 aliphatic carbocycles. The van der Waals surface area contributed by atoms with Gasteiger partial charge in [-0.1, -0.05) is 146 Å². The molecule has 6 nitrogen and oxygen atoms in total. The van der Waals surface area contributed by atoms with E-state index in [1.807, 2.05) is 155 Å². The van der Waals surface area contributed by atoms with Crippen LogP contribution in [-0.2, 0) is 12.4 Å². The number of nitriles is 2. The molecule has 15 rings (SSSR count). The summed E-state index contributed by atoms with van der Waals surface area (Å²) in [5.74, 6) is 0. The number of aromatic nitrogens is 4. The normalized spacial score (nSPS) is 12.2. The number of fused-ring (bicyclic) bond motifs is 12. The van der Waals surface area contributed by atoms with Crippen LogP contribution in [0.1, 0.15) is 22.3 Å². The van der Waals surface area contributed by atoms with Crippen LogP contribution < -0.4 is 0 Å². The summed E-state index contributed by atoms with van der Waals surface area (Å²) in [6.07, 6.45) is -9.41. The molecule has 0 spiro atoms. The minimum absolute atomic E-state index is 0.0427. The van der Waals surface area contributed by atoms with Crippen LogP contribution in [0.5, 0.6) is 0 Å². The number of alkyl halides is 6. The molecule has 0 amide bonds. The lowest BCUT2D eigenvalue weighted by atomic mass is 9.85. The predicted molar refractivity (Wildman–Crippen MR) is 314 cm³/mol. The van der Waals surface area contributed by atoms with Crippen molar-refractivity contribution in [1.29, 1.82) is 10.5 Å². The van der Waals surface area contributed by atoms with Crippen molar-refractivity contribution in [2.75, 3.05) is 0 Å². The predicted octanol–water partition coefficient (Wildman–Crippen LogP) is 19.2. The molecule has 15 aromatic rings. The van der Waals surface area contributed by atoms with Gasteiger partial charge in [-0.05, 0) is 84.9 Å². The zero-order valence-electron chi connectivity index (χ0n) is 42.9. The van der Waals surface area contributed by atoms with Crippen molar-refractivity contribution < 1.29 is 26.3 Å². The van der Waals surface area contributed by atoms with Crippen molar-refractivity contribution in [2.24, 2.45) is 0 Å². The smallest absolute Gasteiger partial charge is 0.309 e. The third-order valence-corrected chi connectivity index (χ3v) is 16.1. The summed E-state index contributed by atoms with van der Waals surface area (Å²) in [6, 6.07) is 73.7.